The molecule has 1 aliphatic heterocycles. The summed E-state index contributed by atoms with van der Waals surface area (Å²) in [6.07, 6.45) is 20.5. The van der Waals surface area contributed by atoms with Crippen molar-refractivity contribution in [3.05, 3.63) is 12.2 Å². The Bertz CT molecular complexity index is 536. The minimum Gasteiger partial charge on any atom is -0.444 e. The minimum atomic E-state index is -0.629. The number of unbranched alkanes of at least 4 members (excludes halogenated alkanes) is 11. The summed E-state index contributed by atoms with van der Waals surface area (Å²) in [6, 6.07) is 0.0273. The lowest BCUT2D eigenvalue weighted by Crippen LogP contribution is -2.49. The lowest BCUT2D eigenvalue weighted by Gasteiger charge is -2.34. The maximum absolute atomic E-state index is 12.6. The fourth-order valence-electron chi connectivity index (χ4n) is 4.01. The molecule has 1 rings (SSSR count). The molecule has 5 heteroatoms. The largest absolute Gasteiger partial charge is 0.444 e. The normalized spacial score (nSPS) is 18.6. The van der Waals surface area contributed by atoms with Crippen molar-refractivity contribution in [1.29, 1.82) is 0 Å². The van der Waals surface area contributed by atoms with Crippen LogP contribution in [0.4, 0.5) is 4.79 Å². The van der Waals surface area contributed by atoms with Gasteiger partial charge in [0.15, 0.2) is 0 Å². The van der Waals surface area contributed by atoms with Gasteiger partial charge in [-0.1, -0.05) is 63.5 Å². The van der Waals surface area contributed by atoms with Crippen molar-refractivity contribution in [2.45, 2.75) is 135 Å². The number of amides is 1. The summed E-state index contributed by atoms with van der Waals surface area (Å²) in [5, 5.41) is 0. The zero-order valence-electron chi connectivity index (χ0n) is 20.8. The number of ether oxygens (including phenoxy) is 2. The van der Waals surface area contributed by atoms with Gasteiger partial charge in [-0.15, -0.1) is 0 Å². The van der Waals surface area contributed by atoms with E-state index in [9.17, 15) is 9.59 Å². The smallest absolute Gasteiger partial charge is 0.412 e. The molecule has 1 fully saturated rings. The summed E-state index contributed by atoms with van der Waals surface area (Å²) < 4.78 is 11.4. The van der Waals surface area contributed by atoms with Crippen LogP contribution in [-0.4, -0.2) is 41.3 Å². The number of nitrogens with zero attached hydrogens (tertiary/aromatic N) is 1. The summed E-state index contributed by atoms with van der Waals surface area (Å²) in [7, 11) is 0. The number of allylic oxidation sites excluding steroid dienone is 1. The van der Waals surface area contributed by atoms with Crippen LogP contribution in [0.2, 0.25) is 0 Å². The van der Waals surface area contributed by atoms with Gasteiger partial charge in [0.2, 0.25) is 0 Å². The van der Waals surface area contributed by atoms with Gasteiger partial charge in [0.1, 0.15) is 17.6 Å². The van der Waals surface area contributed by atoms with E-state index >= 15 is 0 Å². The van der Waals surface area contributed by atoms with Crippen molar-refractivity contribution >= 4 is 12.4 Å². The van der Waals surface area contributed by atoms with E-state index in [0.717, 1.165) is 32.0 Å². The van der Waals surface area contributed by atoms with Gasteiger partial charge < -0.3 is 14.3 Å². The lowest BCUT2D eigenvalue weighted by molar-refractivity contribution is -0.107. The molecule has 0 N–H and O–H groups in total. The molecule has 31 heavy (non-hydrogen) atoms. The van der Waals surface area contributed by atoms with Gasteiger partial charge in [0.05, 0.1) is 12.6 Å². The van der Waals surface area contributed by atoms with Crippen LogP contribution in [0.1, 0.15) is 118 Å². The van der Waals surface area contributed by atoms with Crippen LogP contribution in [0.25, 0.3) is 0 Å². The van der Waals surface area contributed by atoms with Crippen molar-refractivity contribution in [2.24, 2.45) is 0 Å². The second kappa shape index (κ2) is 14.7. The Morgan fingerprint density at radius 3 is 1.97 bits per heavy atom. The zero-order chi connectivity index (χ0) is 23.2. The molecule has 0 saturated carbocycles. The van der Waals surface area contributed by atoms with Crippen LogP contribution in [-0.2, 0) is 14.3 Å². The summed E-state index contributed by atoms with van der Waals surface area (Å²) in [5.41, 5.74) is -1.14. The molecule has 0 bridgehead atoms. The highest BCUT2D eigenvalue weighted by Gasteiger charge is 2.45. The maximum atomic E-state index is 12.6. The number of hydrogen-bond donors (Lipinski definition) is 0. The van der Waals surface area contributed by atoms with E-state index < -0.39 is 11.3 Å². The zero-order valence-corrected chi connectivity index (χ0v) is 20.8. The number of carbonyl (C=O) groups excluding carboxylic acids is 2. The predicted molar refractivity (Wildman–Crippen MR) is 127 cm³/mol. The Morgan fingerprint density at radius 1 is 0.935 bits per heavy atom. The molecule has 1 heterocycles. The molecule has 180 valence electrons. The van der Waals surface area contributed by atoms with Gasteiger partial charge in [-0.2, -0.15) is 0 Å². The van der Waals surface area contributed by atoms with Crippen LogP contribution in [0.15, 0.2) is 12.2 Å². The monoisotopic (exact) mass is 437 g/mol. The maximum Gasteiger partial charge on any atom is 0.412 e. The molecule has 1 aliphatic rings. The first-order chi connectivity index (χ1) is 14.7. The second-order valence-electron chi connectivity index (χ2n) is 10.2. The van der Waals surface area contributed by atoms with Gasteiger partial charge in [-0.25, -0.2) is 4.79 Å². The fourth-order valence-corrected chi connectivity index (χ4v) is 4.01. The number of hydrogen-bond acceptors (Lipinski definition) is 4. The highest BCUT2D eigenvalue weighted by molar-refractivity contribution is 5.69. The third-order valence-electron chi connectivity index (χ3n) is 5.68. The first-order valence-corrected chi connectivity index (χ1v) is 12.4. The number of aldehydes is 1. The average molecular weight is 438 g/mol. The Hall–Kier alpha value is -1.36. The lowest BCUT2D eigenvalue weighted by atomic mass is 10.0. The van der Waals surface area contributed by atoms with Gasteiger partial charge >= 0.3 is 6.09 Å². The topological polar surface area (TPSA) is 55.8 Å². The van der Waals surface area contributed by atoms with Crippen LogP contribution in [0.5, 0.6) is 0 Å². The molecule has 0 aromatic carbocycles. The van der Waals surface area contributed by atoms with E-state index in [2.05, 4.69) is 12.2 Å². The molecule has 0 spiro atoms. The van der Waals surface area contributed by atoms with E-state index in [4.69, 9.17) is 9.47 Å². The van der Waals surface area contributed by atoms with Crippen LogP contribution < -0.4 is 0 Å². The Kier molecular flexibility index (Phi) is 13.1. The van der Waals surface area contributed by atoms with Crippen molar-refractivity contribution in [3.8, 4) is 0 Å². The molecule has 0 aromatic rings. The molecular weight excluding hydrogens is 390 g/mol. The number of carbonyl (C=O) groups is 2. The van der Waals surface area contributed by atoms with Crippen LogP contribution >= 0.6 is 0 Å². The van der Waals surface area contributed by atoms with E-state index in [1.165, 1.54) is 57.8 Å². The van der Waals surface area contributed by atoms with E-state index in [1.54, 1.807) is 4.90 Å². The Labute approximate surface area is 190 Å². The first kappa shape index (κ1) is 27.7. The van der Waals surface area contributed by atoms with Crippen LogP contribution in [0.3, 0.4) is 0 Å². The molecule has 1 atom stereocenters. The molecule has 1 saturated heterocycles. The minimum absolute atomic E-state index is 0.0273. The van der Waals surface area contributed by atoms with Gasteiger partial charge in [0.25, 0.3) is 0 Å². The summed E-state index contributed by atoms with van der Waals surface area (Å²) in [4.78, 5) is 24.6. The fraction of sp³-hybridized carbons (Fsp3) is 0.846. The molecule has 0 unspecified atom stereocenters. The second-order valence-corrected chi connectivity index (χ2v) is 10.2. The third-order valence-corrected chi connectivity index (χ3v) is 5.68. The summed E-state index contributed by atoms with van der Waals surface area (Å²) >= 11 is 0. The summed E-state index contributed by atoms with van der Waals surface area (Å²) in [6.45, 7) is 10.1. The Balaban J connectivity index is 2.12. The van der Waals surface area contributed by atoms with Gasteiger partial charge in [-0.3, -0.25) is 4.90 Å². The molecule has 0 aromatic heterocycles. The van der Waals surface area contributed by atoms with Crippen molar-refractivity contribution < 1.29 is 19.1 Å². The van der Waals surface area contributed by atoms with E-state index in [1.807, 2.05) is 34.6 Å². The average Bonchev–Trinajstić information content (AvgIpc) is 2.98. The summed E-state index contributed by atoms with van der Waals surface area (Å²) in [5.74, 6) is 0. The quantitative estimate of drug-likeness (QED) is 0.155. The predicted octanol–water partition coefficient (Wildman–Crippen LogP) is 7.18. The highest BCUT2D eigenvalue weighted by atomic mass is 16.6. The van der Waals surface area contributed by atoms with Gasteiger partial charge in [0, 0.05) is 6.42 Å². The van der Waals surface area contributed by atoms with Gasteiger partial charge in [-0.05, 0) is 60.3 Å². The molecule has 1 amide bonds. The van der Waals surface area contributed by atoms with Crippen molar-refractivity contribution in [2.75, 3.05) is 6.61 Å². The van der Waals surface area contributed by atoms with Crippen LogP contribution in [0, 0.1) is 0 Å². The number of rotatable bonds is 15. The van der Waals surface area contributed by atoms with Crippen molar-refractivity contribution in [1.82, 2.24) is 4.90 Å². The van der Waals surface area contributed by atoms with Crippen molar-refractivity contribution in [3.63, 3.8) is 0 Å². The first-order valence-electron chi connectivity index (χ1n) is 12.4. The standard InChI is InChI=1S/C26H47NO4/c1-25(2,3)31-24(29)27-23(22-30-26(27,4)5)20-18-16-14-12-10-8-6-7-9-11-13-15-17-19-21-28/h16,18,21,23H,6-15,17,19-20,22H2,1-5H3/t23-/m0/s1. The van der Waals surface area contributed by atoms with E-state index in [0.29, 0.717) is 6.61 Å². The highest BCUT2D eigenvalue weighted by Crippen LogP contribution is 2.31. The molecule has 0 radical (unpaired) electrons. The third kappa shape index (κ3) is 12.3. The molecular formula is C26H47NO4. The molecule has 0 aliphatic carbocycles. The Morgan fingerprint density at radius 2 is 1.45 bits per heavy atom. The van der Waals surface area contributed by atoms with E-state index in [-0.39, 0.29) is 12.1 Å². The molecule has 5 nitrogen and oxygen atoms in total. The SMILES string of the molecule is CC(C)(C)OC(=O)N1[C@@H](CC=CCCCCCCCCCCCCC=O)COC1(C)C.